The number of hydrogen-bond acceptors (Lipinski definition) is 2. The van der Waals surface area contributed by atoms with Gasteiger partial charge in [0.15, 0.2) is 0 Å². The second kappa shape index (κ2) is 7.24. The molecule has 1 aliphatic rings. The van der Waals surface area contributed by atoms with Crippen molar-refractivity contribution in [3.63, 3.8) is 0 Å². The molecule has 1 aromatic heterocycles. The zero-order valence-electron chi connectivity index (χ0n) is 14.8. The SMILES string of the molecule is CCc1ccc(CCn2cncc2-c2cccc3c2CNCC3)cc1. The highest BCUT2D eigenvalue weighted by molar-refractivity contribution is 5.66. The third kappa shape index (κ3) is 3.38. The predicted octanol–water partition coefficient (Wildman–Crippen LogP) is 4.00. The fourth-order valence-electron chi connectivity index (χ4n) is 3.67. The van der Waals surface area contributed by atoms with Crippen LogP contribution < -0.4 is 5.32 Å². The van der Waals surface area contributed by atoms with Crippen molar-refractivity contribution in [2.24, 2.45) is 0 Å². The molecule has 3 heteroatoms. The number of fused-ring (bicyclic) bond motifs is 1. The number of nitrogens with zero attached hydrogens (tertiary/aromatic N) is 2. The molecule has 0 saturated heterocycles. The topological polar surface area (TPSA) is 29.9 Å². The number of benzene rings is 2. The van der Waals surface area contributed by atoms with Crippen molar-refractivity contribution in [1.29, 1.82) is 0 Å². The molecule has 3 nitrogen and oxygen atoms in total. The molecule has 0 amide bonds. The van der Waals surface area contributed by atoms with Gasteiger partial charge >= 0.3 is 0 Å². The van der Waals surface area contributed by atoms with Crippen LogP contribution >= 0.6 is 0 Å². The van der Waals surface area contributed by atoms with Crippen LogP contribution in [0.25, 0.3) is 11.3 Å². The Bertz CT molecular complexity index is 846. The van der Waals surface area contributed by atoms with Gasteiger partial charge in [0.1, 0.15) is 0 Å². The average molecular weight is 331 g/mol. The summed E-state index contributed by atoms with van der Waals surface area (Å²) in [6.07, 6.45) is 7.20. The summed E-state index contributed by atoms with van der Waals surface area (Å²) in [6.45, 7) is 5.18. The Hall–Kier alpha value is -2.39. The summed E-state index contributed by atoms with van der Waals surface area (Å²) < 4.78 is 2.29. The van der Waals surface area contributed by atoms with Crippen LogP contribution in [-0.2, 0) is 32.4 Å². The molecule has 2 aromatic carbocycles. The lowest BCUT2D eigenvalue weighted by Crippen LogP contribution is -2.24. The van der Waals surface area contributed by atoms with E-state index in [2.05, 4.69) is 64.3 Å². The largest absolute Gasteiger partial charge is 0.330 e. The van der Waals surface area contributed by atoms with Crippen molar-refractivity contribution in [2.75, 3.05) is 6.54 Å². The van der Waals surface area contributed by atoms with E-state index in [9.17, 15) is 0 Å². The zero-order valence-corrected chi connectivity index (χ0v) is 14.8. The van der Waals surface area contributed by atoms with E-state index >= 15 is 0 Å². The summed E-state index contributed by atoms with van der Waals surface area (Å²) in [5.41, 5.74) is 8.24. The van der Waals surface area contributed by atoms with Crippen molar-refractivity contribution in [2.45, 2.75) is 39.3 Å². The summed E-state index contributed by atoms with van der Waals surface area (Å²) in [5.74, 6) is 0. The minimum Gasteiger partial charge on any atom is -0.330 e. The van der Waals surface area contributed by atoms with Gasteiger partial charge in [-0.25, -0.2) is 4.98 Å². The van der Waals surface area contributed by atoms with E-state index in [1.807, 2.05) is 12.5 Å². The summed E-state index contributed by atoms with van der Waals surface area (Å²) in [5, 5.41) is 3.50. The lowest BCUT2D eigenvalue weighted by atomic mass is 9.94. The molecule has 1 aliphatic heterocycles. The average Bonchev–Trinajstić information content (AvgIpc) is 3.14. The molecule has 0 radical (unpaired) electrons. The monoisotopic (exact) mass is 331 g/mol. The number of aryl methyl sites for hydroxylation is 3. The standard InChI is InChI=1S/C22H25N3/c1-2-17-6-8-18(9-7-17)11-13-25-16-24-15-22(25)20-5-3-4-19-10-12-23-14-21(19)20/h3-9,15-16,23H,2,10-14H2,1H3. The van der Waals surface area contributed by atoms with E-state index in [0.717, 1.165) is 38.9 Å². The van der Waals surface area contributed by atoms with Crippen LogP contribution in [0.4, 0.5) is 0 Å². The lowest BCUT2D eigenvalue weighted by Gasteiger charge is -2.21. The Labute approximate surface area is 149 Å². The molecule has 3 aromatic rings. The maximum atomic E-state index is 4.43. The summed E-state index contributed by atoms with van der Waals surface area (Å²) in [7, 11) is 0. The van der Waals surface area contributed by atoms with E-state index in [1.54, 1.807) is 0 Å². The minimum atomic E-state index is 0.954. The maximum absolute atomic E-state index is 4.43. The molecule has 0 spiro atoms. The van der Waals surface area contributed by atoms with Gasteiger partial charge in [-0.15, -0.1) is 0 Å². The van der Waals surface area contributed by atoms with Crippen LogP contribution in [0.15, 0.2) is 55.0 Å². The van der Waals surface area contributed by atoms with Gasteiger partial charge in [0.25, 0.3) is 0 Å². The van der Waals surface area contributed by atoms with E-state index in [1.165, 1.54) is 33.5 Å². The molecule has 25 heavy (non-hydrogen) atoms. The molecule has 0 fully saturated rings. The highest BCUT2D eigenvalue weighted by atomic mass is 15.0. The van der Waals surface area contributed by atoms with Gasteiger partial charge in [-0.05, 0) is 48.1 Å². The van der Waals surface area contributed by atoms with Crippen molar-refractivity contribution in [1.82, 2.24) is 14.9 Å². The normalized spacial score (nSPS) is 13.6. The molecule has 2 heterocycles. The van der Waals surface area contributed by atoms with Crippen LogP contribution in [0.3, 0.4) is 0 Å². The number of imidazole rings is 1. The van der Waals surface area contributed by atoms with E-state index < -0.39 is 0 Å². The van der Waals surface area contributed by atoms with E-state index in [0.29, 0.717) is 0 Å². The molecular weight excluding hydrogens is 306 g/mol. The third-order valence-electron chi connectivity index (χ3n) is 5.21. The van der Waals surface area contributed by atoms with Gasteiger partial charge in [-0.2, -0.15) is 0 Å². The van der Waals surface area contributed by atoms with Crippen LogP contribution in [0.5, 0.6) is 0 Å². The van der Waals surface area contributed by atoms with Gasteiger partial charge in [0.05, 0.1) is 18.2 Å². The fraction of sp³-hybridized carbons (Fsp3) is 0.318. The van der Waals surface area contributed by atoms with Gasteiger partial charge in [0.2, 0.25) is 0 Å². The van der Waals surface area contributed by atoms with Gasteiger partial charge in [-0.3, -0.25) is 0 Å². The van der Waals surface area contributed by atoms with Crippen LogP contribution in [0.1, 0.15) is 29.2 Å². The quantitative estimate of drug-likeness (QED) is 0.766. The Morgan fingerprint density at radius 3 is 2.76 bits per heavy atom. The lowest BCUT2D eigenvalue weighted by molar-refractivity contribution is 0.643. The zero-order chi connectivity index (χ0) is 17.1. The second-order valence-corrected chi connectivity index (χ2v) is 6.76. The summed E-state index contributed by atoms with van der Waals surface area (Å²) >= 11 is 0. The van der Waals surface area contributed by atoms with E-state index in [4.69, 9.17) is 0 Å². The smallest absolute Gasteiger partial charge is 0.0951 e. The van der Waals surface area contributed by atoms with Crippen molar-refractivity contribution in [3.8, 4) is 11.3 Å². The first-order valence-corrected chi connectivity index (χ1v) is 9.25. The fourth-order valence-corrected chi connectivity index (χ4v) is 3.67. The molecule has 0 aliphatic carbocycles. The molecule has 0 atom stereocenters. The van der Waals surface area contributed by atoms with Gasteiger partial charge in [0, 0.05) is 18.7 Å². The predicted molar refractivity (Wildman–Crippen MR) is 103 cm³/mol. The number of rotatable bonds is 5. The van der Waals surface area contributed by atoms with Crippen LogP contribution in [-0.4, -0.2) is 16.1 Å². The Kier molecular flexibility index (Phi) is 4.66. The Balaban J connectivity index is 1.56. The van der Waals surface area contributed by atoms with Crippen LogP contribution in [0.2, 0.25) is 0 Å². The highest BCUT2D eigenvalue weighted by Crippen LogP contribution is 2.28. The van der Waals surface area contributed by atoms with Crippen molar-refractivity contribution in [3.05, 3.63) is 77.2 Å². The van der Waals surface area contributed by atoms with Crippen LogP contribution in [0, 0.1) is 0 Å². The van der Waals surface area contributed by atoms with Crippen molar-refractivity contribution < 1.29 is 0 Å². The van der Waals surface area contributed by atoms with Gasteiger partial charge in [-0.1, -0.05) is 49.4 Å². The minimum absolute atomic E-state index is 0.954. The highest BCUT2D eigenvalue weighted by Gasteiger charge is 2.16. The summed E-state index contributed by atoms with van der Waals surface area (Å²) in [4.78, 5) is 4.43. The first kappa shape index (κ1) is 16.1. The molecule has 0 saturated carbocycles. The Morgan fingerprint density at radius 2 is 1.92 bits per heavy atom. The second-order valence-electron chi connectivity index (χ2n) is 6.76. The molecule has 0 bridgehead atoms. The molecule has 0 unspecified atom stereocenters. The molecule has 128 valence electrons. The first-order valence-electron chi connectivity index (χ1n) is 9.25. The number of aromatic nitrogens is 2. The Morgan fingerprint density at radius 1 is 1.08 bits per heavy atom. The molecular formula is C22H25N3. The first-order chi connectivity index (χ1) is 12.3. The maximum Gasteiger partial charge on any atom is 0.0951 e. The van der Waals surface area contributed by atoms with Gasteiger partial charge < -0.3 is 9.88 Å². The van der Waals surface area contributed by atoms with Crippen molar-refractivity contribution >= 4 is 0 Å². The molecule has 1 N–H and O–H groups in total. The van der Waals surface area contributed by atoms with E-state index in [-0.39, 0.29) is 0 Å². The number of nitrogens with one attached hydrogen (secondary N) is 1. The third-order valence-corrected chi connectivity index (χ3v) is 5.21. The summed E-state index contributed by atoms with van der Waals surface area (Å²) in [6, 6.07) is 15.7. The molecule has 4 rings (SSSR count). The number of hydrogen-bond donors (Lipinski definition) is 1.